The standard InChI is InChI=1S/C16H23NO/c1-11-7-8-14(12(2)9-11)16(18)15-6-4-3-5-13(15)10-17/h7-9,13,15H,3-6,10,17H2,1-2H3. The van der Waals surface area contributed by atoms with E-state index in [1.807, 2.05) is 19.1 Å². The highest BCUT2D eigenvalue weighted by Crippen LogP contribution is 2.32. The monoisotopic (exact) mass is 245 g/mol. The SMILES string of the molecule is Cc1ccc(C(=O)C2CCCCC2CN)c(C)c1. The predicted molar refractivity (Wildman–Crippen MR) is 74.7 cm³/mol. The lowest BCUT2D eigenvalue weighted by atomic mass is 9.75. The zero-order chi connectivity index (χ0) is 13.1. The van der Waals surface area contributed by atoms with Crippen LogP contribution in [0.2, 0.25) is 0 Å². The van der Waals surface area contributed by atoms with E-state index in [1.54, 1.807) is 0 Å². The molecule has 2 nitrogen and oxygen atoms in total. The van der Waals surface area contributed by atoms with Gasteiger partial charge in [0.2, 0.25) is 0 Å². The van der Waals surface area contributed by atoms with E-state index in [0.29, 0.717) is 18.2 Å². The maximum Gasteiger partial charge on any atom is 0.166 e. The lowest BCUT2D eigenvalue weighted by molar-refractivity contribution is 0.0829. The summed E-state index contributed by atoms with van der Waals surface area (Å²) in [6, 6.07) is 6.10. The molecule has 2 heteroatoms. The van der Waals surface area contributed by atoms with Gasteiger partial charge in [-0.25, -0.2) is 0 Å². The third-order valence-corrected chi connectivity index (χ3v) is 4.20. The highest BCUT2D eigenvalue weighted by molar-refractivity contribution is 5.99. The van der Waals surface area contributed by atoms with Crippen molar-refractivity contribution in [2.45, 2.75) is 39.5 Å². The molecule has 98 valence electrons. The second-order valence-electron chi connectivity index (χ2n) is 5.57. The van der Waals surface area contributed by atoms with Gasteiger partial charge < -0.3 is 5.73 Å². The molecule has 0 aliphatic heterocycles. The summed E-state index contributed by atoms with van der Waals surface area (Å²) in [6.07, 6.45) is 4.50. The minimum absolute atomic E-state index is 0.144. The van der Waals surface area contributed by atoms with Crippen molar-refractivity contribution < 1.29 is 4.79 Å². The Morgan fingerprint density at radius 2 is 2.00 bits per heavy atom. The van der Waals surface area contributed by atoms with Crippen molar-refractivity contribution in [3.05, 3.63) is 34.9 Å². The molecule has 2 rings (SSSR count). The number of carbonyl (C=O) groups is 1. The molecular formula is C16H23NO. The van der Waals surface area contributed by atoms with Crippen LogP contribution in [0.25, 0.3) is 0 Å². The van der Waals surface area contributed by atoms with Crippen molar-refractivity contribution in [2.75, 3.05) is 6.54 Å². The van der Waals surface area contributed by atoms with Crippen LogP contribution in [0.1, 0.15) is 47.2 Å². The first kappa shape index (κ1) is 13.3. The average molecular weight is 245 g/mol. The minimum atomic E-state index is 0.144. The molecule has 2 N–H and O–H groups in total. The summed E-state index contributed by atoms with van der Waals surface area (Å²) >= 11 is 0. The van der Waals surface area contributed by atoms with Gasteiger partial charge in [-0.3, -0.25) is 4.79 Å². The molecule has 1 aliphatic carbocycles. The molecule has 1 aromatic carbocycles. The molecule has 0 saturated heterocycles. The molecule has 1 aliphatic rings. The Bertz CT molecular complexity index is 439. The van der Waals surface area contributed by atoms with Crippen LogP contribution in [0.4, 0.5) is 0 Å². The van der Waals surface area contributed by atoms with Gasteiger partial charge in [0, 0.05) is 11.5 Å². The number of nitrogens with two attached hydrogens (primary N) is 1. The summed E-state index contributed by atoms with van der Waals surface area (Å²) in [5.74, 6) is 0.833. The summed E-state index contributed by atoms with van der Waals surface area (Å²) in [6.45, 7) is 4.73. The molecular weight excluding hydrogens is 222 g/mol. The quantitative estimate of drug-likeness (QED) is 0.831. The van der Waals surface area contributed by atoms with Gasteiger partial charge in [-0.05, 0) is 44.7 Å². The first-order valence-corrected chi connectivity index (χ1v) is 6.95. The van der Waals surface area contributed by atoms with E-state index in [2.05, 4.69) is 13.0 Å². The Labute approximate surface area is 110 Å². The Kier molecular flexibility index (Phi) is 4.18. The number of ketones is 1. The van der Waals surface area contributed by atoms with E-state index in [9.17, 15) is 4.79 Å². The van der Waals surface area contributed by atoms with Crippen LogP contribution in [0.5, 0.6) is 0 Å². The van der Waals surface area contributed by atoms with E-state index in [1.165, 1.54) is 12.0 Å². The van der Waals surface area contributed by atoms with Crippen molar-refractivity contribution in [1.82, 2.24) is 0 Å². The molecule has 0 heterocycles. The zero-order valence-electron chi connectivity index (χ0n) is 11.4. The predicted octanol–water partition coefficient (Wildman–Crippen LogP) is 3.25. The third-order valence-electron chi connectivity index (χ3n) is 4.20. The Balaban J connectivity index is 2.24. The summed E-state index contributed by atoms with van der Waals surface area (Å²) in [5.41, 5.74) is 9.02. The van der Waals surface area contributed by atoms with E-state index in [0.717, 1.165) is 30.4 Å². The van der Waals surface area contributed by atoms with Crippen LogP contribution in [-0.4, -0.2) is 12.3 Å². The molecule has 1 fully saturated rings. The molecule has 18 heavy (non-hydrogen) atoms. The minimum Gasteiger partial charge on any atom is -0.330 e. The number of Topliss-reactive ketones (excluding diaryl/α,β-unsaturated/α-hetero) is 1. The average Bonchev–Trinajstić information content (AvgIpc) is 2.38. The Hall–Kier alpha value is -1.15. The molecule has 1 saturated carbocycles. The molecule has 0 amide bonds. The normalized spacial score (nSPS) is 23.9. The van der Waals surface area contributed by atoms with Gasteiger partial charge in [0.05, 0.1) is 0 Å². The van der Waals surface area contributed by atoms with Crippen LogP contribution in [0, 0.1) is 25.7 Å². The van der Waals surface area contributed by atoms with Crippen LogP contribution in [-0.2, 0) is 0 Å². The number of hydrogen-bond donors (Lipinski definition) is 1. The molecule has 2 unspecified atom stereocenters. The van der Waals surface area contributed by atoms with Gasteiger partial charge in [-0.2, -0.15) is 0 Å². The largest absolute Gasteiger partial charge is 0.330 e. The number of hydrogen-bond acceptors (Lipinski definition) is 2. The third kappa shape index (κ3) is 2.64. The first-order valence-electron chi connectivity index (χ1n) is 6.95. The van der Waals surface area contributed by atoms with Crippen molar-refractivity contribution in [2.24, 2.45) is 17.6 Å². The fraction of sp³-hybridized carbons (Fsp3) is 0.562. The maximum atomic E-state index is 12.6. The number of carbonyl (C=O) groups excluding carboxylic acids is 1. The smallest absolute Gasteiger partial charge is 0.166 e. The van der Waals surface area contributed by atoms with Crippen LogP contribution < -0.4 is 5.73 Å². The second kappa shape index (κ2) is 5.66. The van der Waals surface area contributed by atoms with E-state index < -0.39 is 0 Å². The van der Waals surface area contributed by atoms with E-state index in [-0.39, 0.29) is 5.92 Å². The maximum absolute atomic E-state index is 12.6. The molecule has 1 aromatic rings. The Morgan fingerprint density at radius 3 is 2.67 bits per heavy atom. The van der Waals surface area contributed by atoms with Gasteiger partial charge >= 0.3 is 0 Å². The van der Waals surface area contributed by atoms with Gasteiger partial charge in [0.1, 0.15) is 0 Å². The van der Waals surface area contributed by atoms with Gasteiger partial charge in [0.25, 0.3) is 0 Å². The number of aryl methyl sites for hydroxylation is 2. The number of benzene rings is 1. The summed E-state index contributed by atoms with van der Waals surface area (Å²) in [5, 5.41) is 0. The van der Waals surface area contributed by atoms with Gasteiger partial charge in [-0.15, -0.1) is 0 Å². The second-order valence-corrected chi connectivity index (χ2v) is 5.57. The van der Waals surface area contributed by atoms with Gasteiger partial charge in [-0.1, -0.05) is 36.6 Å². The molecule has 0 spiro atoms. The topological polar surface area (TPSA) is 43.1 Å². The Morgan fingerprint density at radius 1 is 1.28 bits per heavy atom. The fourth-order valence-electron chi connectivity index (χ4n) is 3.12. The van der Waals surface area contributed by atoms with E-state index in [4.69, 9.17) is 5.73 Å². The summed E-state index contributed by atoms with van der Waals surface area (Å²) in [7, 11) is 0. The van der Waals surface area contributed by atoms with E-state index >= 15 is 0 Å². The molecule has 0 bridgehead atoms. The van der Waals surface area contributed by atoms with Crippen molar-refractivity contribution in [3.8, 4) is 0 Å². The summed E-state index contributed by atoms with van der Waals surface area (Å²) in [4.78, 5) is 12.6. The lowest BCUT2D eigenvalue weighted by Gasteiger charge is -2.29. The van der Waals surface area contributed by atoms with Gasteiger partial charge in [0.15, 0.2) is 5.78 Å². The molecule has 2 atom stereocenters. The number of rotatable bonds is 3. The highest BCUT2D eigenvalue weighted by Gasteiger charge is 2.30. The molecule has 0 aromatic heterocycles. The van der Waals surface area contributed by atoms with Crippen LogP contribution in [0.3, 0.4) is 0 Å². The first-order chi connectivity index (χ1) is 8.63. The highest BCUT2D eigenvalue weighted by atomic mass is 16.1. The van der Waals surface area contributed by atoms with Crippen molar-refractivity contribution in [1.29, 1.82) is 0 Å². The zero-order valence-corrected chi connectivity index (χ0v) is 11.4. The van der Waals surface area contributed by atoms with Crippen LogP contribution in [0.15, 0.2) is 18.2 Å². The van der Waals surface area contributed by atoms with Crippen molar-refractivity contribution in [3.63, 3.8) is 0 Å². The van der Waals surface area contributed by atoms with Crippen LogP contribution >= 0.6 is 0 Å². The lowest BCUT2D eigenvalue weighted by Crippen LogP contribution is -2.32. The summed E-state index contributed by atoms with van der Waals surface area (Å²) < 4.78 is 0. The fourth-order valence-corrected chi connectivity index (χ4v) is 3.12. The van der Waals surface area contributed by atoms with Crippen molar-refractivity contribution >= 4 is 5.78 Å². The molecule has 0 radical (unpaired) electrons.